The summed E-state index contributed by atoms with van der Waals surface area (Å²) in [5.41, 5.74) is 0.111. The van der Waals surface area contributed by atoms with Crippen molar-refractivity contribution in [3.05, 3.63) is 35.6 Å². The lowest BCUT2D eigenvalue weighted by Crippen LogP contribution is -2.37. The highest BCUT2D eigenvalue weighted by Crippen LogP contribution is 2.39. The topological polar surface area (TPSA) is 40.6 Å². The van der Waals surface area contributed by atoms with E-state index in [1.54, 1.807) is 17.0 Å². The number of unbranched alkanes of at least 4 members (excludes halogenated alkanes) is 1. The predicted molar refractivity (Wildman–Crippen MR) is 110 cm³/mol. The number of benzene rings is 1. The van der Waals surface area contributed by atoms with Gasteiger partial charge in [-0.25, -0.2) is 4.39 Å². The maximum atomic E-state index is 13.9. The van der Waals surface area contributed by atoms with Gasteiger partial charge in [-0.15, -0.1) is 0 Å². The van der Waals surface area contributed by atoms with Gasteiger partial charge in [-0.05, 0) is 37.8 Å². The Bertz CT molecular complexity index is 653. The van der Waals surface area contributed by atoms with Crippen LogP contribution in [0.1, 0.15) is 48.9 Å². The third-order valence-electron chi connectivity index (χ3n) is 5.13. The number of carbonyl (C=O) groups excluding carboxylic acids is 2. The van der Waals surface area contributed by atoms with Gasteiger partial charge in [-0.2, -0.15) is 0 Å². The first-order valence-corrected chi connectivity index (χ1v) is 12.1. The molecule has 0 bridgehead atoms. The van der Waals surface area contributed by atoms with Crippen LogP contribution >= 0.6 is 21.6 Å². The molecule has 0 radical (unpaired) electrons. The van der Waals surface area contributed by atoms with Crippen molar-refractivity contribution in [2.24, 2.45) is 0 Å². The van der Waals surface area contributed by atoms with Gasteiger partial charge >= 0.3 is 0 Å². The van der Waals surface area contributed by atoms with Gasteiger partial charge in [0.1, 0.15) is 5.82 Å². The zero-order valence-corrected chi connectivity index (χ0v) is 17.2. The fourth-order valence-corrected chi connectivity index (χ4v) is 6.57. The summed E-state index contributed by atoms with van der Waals surface area (Å²) < 4.78 is 13.9. The molecule has 0 saturated carbocycles. The SMILES string of the molecule is O=C(CCCCC1CCSS1)N1CCCN(C(=O)c2ccccc2F)CC1. The minimum absolute atomic E-state index is 0.111. The second-order valence-electron chi connectivity index (χ2n) is 7.08. The first-order valence-electron chi connectivity index (χ1n) is 9.75. The van der Waals surface area contributed by atoms with Crippen molar-refractivity contribution in [2.75, 3.05) is 31.9 Å². The Hall–Kier alpha value is -1.21. The highest BCUT2D eigenvalue weighted by molar-refractivity contribution is 8.77. The van der Waals surface area contributed by atoms with E-state index in [2.05, 4.69) is 0 Å². The minimum Gasteiger partial charge on any atom is -0.341 e. The normalized spacial score (nSPS) is 20.6. The number of hydrogen-bond acceptors (Lipinski definition) is 4. The number of halogens is 1. The van der Waals surface area contributed by atoms with Crippen molar-refractivity contribution in [1.29, 1.82) is 0 Å². The Morgan fingerprint density at radius 3 is 2.63 bits per heavy atom. The molecule has 2 aliphatic heterocycles. The number of amides is 2. The highest BCUT2D eigenvalue weighted by Gasteiger charge is 2.24. The van der Waals surface area contributed by atoms with Gasteiger partial charge in [0.05, 0.1) is 5.56 Å². The molecular weight excluding hydrogens is 383 g/mol. The van der Waals surface area contributed by atoms with Crippen molar-refractivity contribution >= 4 is 33.4 Å². The van der Waals surface area contributed by atoms with E-state index in [0.717, 1.165) is 24.5 Å². The molecule has 0 N–H and O–H groups in total. The van der Waals surface area contributed by atoms with E-state index >= 15 is 0 Å². The van der Waals surface area contributed by atoms with Crippen LogP contribution in [-0.4, -0.2) is 58.8 Å². The molecule has 27 heavy (non-hydrogen) atoms. The lowest BCUT2D eigenvalue weighted by molar-refractivity contribution is -0.131. The zero-order chi connectivity index (χ0) is 19.1. The van der Waals surface area contributed by atoms with Gasteiger partial charge in [0.2, 0.25) is 5.91 Å². The average Bonchev–Trinajstić information content (AvgIpc) is 3.07. The molecular formula is C20H27FN2O2S2. The maximum absolute atomic E-state index is 13.9. The number of carbonyl (C=O) groups is 2. The minimum atomic E-state index is -0.487. The summed E-state index contributed by atoms with van der Waals surface area (Å²) >= 11 is 0. The Balaban J connectivity index is 1.42. The van der Waals surface area contributed by atoms with E-state index in [1.165, 1.54) is 30.7 Å². The van der Waals surface area contributed by atoms with Gasteiger partial charge < -0.3 is 9.80 Å². The summed E-state index contributed by atoms with van der Waals surface area (Å²) in [5, 5.41) is 0.765. The van der Waals surface area contributed by atoms with E-state index in [-0.39, 0.29) is 17.4 Å². The summed E-state index contributed by atoms with van der Waals surface area (Å²) in [4.78, 5) is 28.6. The third-order valence-corrected chi connectivity index (χ3v) is 8.14. The van der Waals surface area contributed by atoms with Crippen molar-refractivity contribution in [3.8, 4) is 0 Å². The Kier molecular flexibility index (Phi) is 7.88. The quantitative estimate of drug-likeness (QED) is 0.520. The smallest absolute Gasteiger partial charge is 0.256 e. The first-order chi connectivity index (χ1) is 13.1. The molecule has 2 amide bonds. The molecule has 0 aromatic heterocycles. The van der Waals surface area contributed by atoms with Crippen LogP contribution in [0.15, 0.2) is 24.3 Å². The van der Waals surface area contributed by atoms with Gasteiger partial charge in [-0.1, -0.05) is 40.1 Å². The van der Waals surface area contributed by atoms with Crippen molar-refractivity contribution in [1.82, 2.24) is 9.80 Å². The molecule has 2 fully saturated rings. The van der Waals surface area contributed by atoms with Crippen LogP contribution < -0.4 is 0 Å². The fraction of sp³-hybridized carbons (Fsp3) is 0.600. The summed E-state index contributed by atoms with van der Waals surface area (Å²) in [6.07, 6.45) is 5.87. The molecule has 1 aromatic rings. The molecule has 3 rings (SSSR count). The third kappa shape index (κ3) is 5.88. The molecule has 1 atom stereocenters. The van der Waals surface area contributed by atoms with Crippen LogP contribution in [0.5, 0.6) is 0 Å². The molecule has 0 spiro atoms. The molecule has 148 valence electrons. The van der Waals surface area contributed by atoms with Crippen LogP contribution in [-0.2, 0) is 4.79 Å². The number of hydrogen-bond donors (Lipinski definition) is 0. The number of rotatable bonds is 6. The average molecular weight is 411 g/mol. The monoisotopic (exact) mass is 410 g/mol. The van der Waals surface area contributed by atoms with Gasteiger partial charge in [0.15, 0.2) is 0 Å². The van der Waals surface area contributed by atoms with E-state index in [0.29, 0.717) is 32.6 Å². The summed E-state index contributed by atoms with van der Waals surface area (Å²) in [6.45, 7) is 2.24. The van der Waals surface area contributed by atoms with Crippen molar-refractivity contribution in [3.63, 3.8) is 0 Å². The largest absolute Gasteiger partial charge is 0.341 e. The second-order valence-corrected chi connectivity index (χ2v) is 9.87. The molecule has 0 aliphatic carbocycles. The second kappa shape index (κ2) is 10.4. The zero-order valence-electron chi connectivity index (χ0n) is 15.6. The Morgan fingerprint density at radius 1 is 1.07 bits per heavy atom. The van der Waals surface area contributed by atoms with Crippen molar-refractivity contribution in [2.45, 2.75) is 43.8 Å². The van der Waals surface area contributed by atoms with Crippen LogP contribution in [0.2, 0.25) is 0 Å². The van der Waals surface area contributed by atoms with Crippen molar-refractivity contribution < 1.29 is 14.0 Å². The fourth-order valence-electron chi connectivity index (χ4n) is 3.55. The van der Waals surface area contributed by atoms with Crippen LogP contribution in [0, 0.1) is 5.82 Å². The van der Waals surface area contributed by atoms with Crippen LogP contribution in [0.3, 0.4) is 0 Å². The molecule has 2 saturated heterocycles. The molecule has 4 nitrogen and oxygen atoms in total. The van der Waals surface area contributed by atoms with E-state index in [9.17, 15) is 14.0 Å². The first kappa shape index (κ1) is 20.5. The molecule has 1 aromatic carbocycles. The lowest BCUT2D eigenvalue weighted by atomic mass is 10.1. The highest BCUT2D eigenvalue weighted by atomic mass is 33.1. The predicted octanol–water partition coefficient (Wildman–Crippen LogP) is 4.21. The van der Waals surface area contributed by atoms with E-state index in [1.807, 2.05) is 26.5 Å². The summed E-state index contributed by atoms with van der Waals surface area (Å²) in [6, 6.07) is 6.09. The van der Waals surface area contributed by atoms with Gasteiger partial charge in [0, 0.05) is 43.6 Å². The standard InChI is InChI=1S/C20H27FN2O2S2/c21-18-8-3-2-7-17(18)20(25)23-12-5-11-22(13-14-23)19(24)9-4-1-6-16-10-15-26-27-16/h2-3,7-8,16H,1,4-6,9-15H2. The molecule has 2 heterocycles. The summed E-state index contributed by atoms with van der Waals surface area (Å²) in [7, 11) is 3.95. The Morgan fingerprint density at radius 2 is 1.85 bits per heavy atom. The molecule has 2 aliphatic rings. The molecule has 7 heteroatoms. The molecule has 1 unspecified atom stereocenters. The van der Waals surface area contributed by atoms with Gasteiger partial charge in [0.25, 0.3) is 5.91 Å². The van der Waals surface area contributed by atoms with E-state index in [4.69, 9.17) is 0 Å². The number of nitrogens with zero attached hydrogens (tertiary/aromatic N) is 2. The maximum Gasteiger partial charge on any atom is 0.256 e. The van der Waals surface area contributed by atoms with Gasteiger partial charge in [-0.3, -0.25) is 9.59 Å². The lowest BCUT2D eigenvalue weighted by Gasteiger charge is -2.22. The van der Waals surface area contributed by atoms with E-state index < -0.39 is 5.82 Å². The van der Waals surface area contributed by atoms with Crippen LogP contribution in [0.25, 0.3) is 0 Å². The van der Waals surface area contributed by atoms with Crippen LogP contribution in [0.4, 0.5) is 4.39 Å². The summed E-state index contributed by atoms with van der Waals surface area (Å²) in [5.74, 6) is 0.668. The Labute approximate surface area is 168 Å².